The van der Waals surface area contributed by atoms with Crippen LogP contribution in [0.2, 0.25) is 0 Å². The van der Waals surface area contributed by atoms with Crippen molar-refractivity contribution in [1.82, 2.24) is 4.57 Å². The topological polar surface area (TPSA) is 86.6 Å². The number of hydrogen-bond donors (Lipinski definition) is 1. The first-order valence-corrected chi connectivity index (χ1v) is 10.3. The monoisotopic (exact) mass is 392 g/mol. The van der Waals surface area contributed by atoms with E-state index in [-0.39, 0.29) is 9.77 Å². The third-order valence-electron chi connectivity index (χ3n) is 4.06. The van der Waals surface area contributed by atoms with Gasteiger partial charge in [-0.25, -0.2) is 8.42 Å². The summed E-state index contributed by atoms with van der Waals surface area (Å²) in [5, 5.41) is 0. The van der Waals surface area contributed by atoms with Crippen LogP contribution in [0, 0.1) is 0 Å². The highest BCUT2D eigenvalue weighted by molar-refractivity contribution is 7.92. The third-order valence-corrected chi connectivity index (χ3v) is 6.38. The fourth-order valence-electron chi connectivity index (χ4n) is 2.83. The molecule has 0 spiro atoms. The molecule has 0 amide bonds. The Morgan fingerprint density at radius 2 is 1.88 bits per heavy atom. The van der Waals surface area contributed by atoms with E-state index < -0.39 is 10.0 Å². The van der Waals surface area contributed by atoms with Crippen LogP contribution in [0.5, 0.6) is 11.5 Å². The number of sulfonamides is 1. The lowest BCUT2D eigenvalue weighted by Gasteiger charge is -2.19. The van der Waals surface area contributed by atoms with Crippen LogP contribution >= 0.6 is 11.3 Å². The SMILES string of the molecule is CCn1c(=O)sc2cc(NS(=O)(=O)c3ccc4c(c3)OCCO4)ccc21. The molecule has 26 heavy (non-hydrogen) atoms. The van der Waals surface area contributed by atoms with E-state index in [1.165, 1.54) is 12.1 Å². The minimum Gasteiger partial charge on any atom is -0.486 e. The molecule has 0 saturated carbocycles. The van der Waals surface area contributed by atoms with Crippen molar-refractivity contribution < 1.29 is 17.9 Å². The summed E-state index contributed by atoms with van der Waals surface area (Å²) in [4.78, 5) is 12.0. The van der Waals surface area contributed by atoms with Crippen LogP contribution in [-0.2, 0) is 16.6 Å². The summed E-state index contributed by atoms with van der Waals surface area (Å²) in [6, 6.07) is 9.57. The molecule has 3 aromatic rings. The van der Waals surface area contributed by atoms with Crippen LogP contribution in [0.1, 0.15) is 6.92 Å². The number of hydrogen-bond acceptors (Lipinski definition) is 6. The first kappa shape index (κ1) is 16.9. The Bertz CT molecular complexity index is 1150. The van der Waals surface area contributed by atoms with E-state index in [4.69, 9.17) is 9.47 Å². The van der Waals surface area contributed by atoms with Gasteiger partial charge >= 0.3 is 4.87 Å². The van der Waals surface area contributed by atoms with Crippen molar-refractivity contribution in [3.05, 3.63) is 46.1 Å². The zero-order chi connectivity index (χ0) is 18.3. The molecule has 0 fully saturated rings. The number of nitrogens with one attached hydrogen (secondary N) is 1. The molecule has 1 aliphatic heterocycles. The maximum absolute atomic E-state index is 12.7. The lowest BCUT2D eigenvalue weighted by atomic mass is 10.3. The minimum atomic E-state index is -3.79. The van der Waals surface area contributed by atoms with Crippen molar-refractivity contribution in [2.75, 3.05) is 17.9 Å². The van der Waals surface area contributed by atoms with E-state index in [0.717, 1.165) is 21.6 Å². The van der Waals surface area contributed by atoms with Crippen LogP contribution < -0.4 is 19.1 Å². The average Bonchev–Trinajstić information content (AvgIpc) is 2.95. The van der Waals surface area contributed by atoms with Gasteiger partial charge in [0.1, 0.15) is 13.2 Å². The Balaban J connectivity index is 1.67. The Labute approximate surface area is 153 Å². The maximum atomic E-state index is 12.7. The van der Waals surface area contributed by atoms with E-state index in [0.29, 0.717) is 36.9 Å². The van der Waals surface area contributed by atoms with Crippen LogP contribution in [-0.4, -0.2) is 26.2 Å². The Morgan fingerprint density at radius 1 is 1.12 bits per heavy atom. The first-order valence-electron chi connectivity index (χ1n) is 8.04. The number of anilines is 1. The van der Waals surface area contributed by atoms with Gasteiger partial charge in [-0.15, -0.1) is 0 Å². The van der Waals surface area contributed by atoms with Gasteiger partial charge < -0.3 is 9.47 Å². The molecule has 9 heteroatoms. The van der Waals surface area contributed by atoms with Gasteiger partial charge in [0, 0.05) is 12.6 Å². The van der Waals surface area contributed by atoms with Gasteiger partial charge in [-0.05, 0) is 37.3 Å². The van der Waals surface area contributed by atoms with E-state index in [2.05, 4.69) is 4.72 Å². The summed E-state index contributed by atoms with van der Waals surface area (Å²) < 4.78 is 41.2. The average molecular weight is 392 g/mol. The molecular formula is C17H16N2O5S2. The Kier molecular flexibility index (Phi) is 4.12. The highest BCUT2D eigenvalue weighted by Gasteiger charge is 2.20. The summed E-state index contributed by atoms with van der Waals surface area (Å²) >= 11 is 1.09. The van der Waals surface area contributed by atoms with E-state index >= 15 is 0 Å². The molecule has 0 bridgehead atoms. The summed E-state index contributed by atoms with van der Waals surface area (Å²) in [6.07, 6.45) is 0. The van der Waals surface area contributed by atoms with Gasteiger partial charge in [-0.2, -0.15) is 0 Å². The number of rotatable bonds is 4. The van der Waals surface area contributed by atoms with Gasteiger partial charge in [0.2, 0.25) is 0 Å². The highest BCUT2D eigenvalue weighted by atomic mass is 32.2. The van der Waals surface area contributed by atoms with Gasteiger partial charge in [0.25, 0.3) is 10.0 Å². The largest absolute Gasteiger partial charge is 0.486 e. The van der Waals surface area contributed by atoms with Crippen molar-refractivity contribution in [2.45, 2.75) is 18.4 Å². The molecule has 1 N–H and O–H groups in total. The fraction of sp³-hybridized carbons (Fsp3) is 0.235. The first-order chi connectivity index (χ1) is 12.5. The normalized spacial score (nSPS) is 13.7. The molecule has 1 aromatic heterocycles. The zero-order valence-electron chi connectivity index (χ0n) is 13.9. The van der Waals surface area contributed by atoms with Crippen LogP contribution in [0.25, 0.3) is 10.2 Å². The second kappa shape index (κ2) is 6.33. The van der Waals surface area contributed by atoms with Crippen molar-refractivity contribution in [2.24, 2.45) is 0 Å². The van der Waals surface area contributed by atoms with Crippen molar-refractivity contribution in [3.8, 4) is 11.5 Å². The Morgan fingerprint density at radius 3 is 2.65 bits per heavy atom. The van der Waals surface area contributed by atoms with E-state index in [9.17, 15) is 13.2 Å². The molecule has 0 aliphatic carbocycles. The molecule has 0 radical (unpaired) electrons. The third kappa shape index (κ3) is 2.93. The molecular weight excluding hydrogens is 376 g/mol. The smallest absolute Gasteiger partial charge is 0.308 e. The molecule has 7 nitrogen and oxygen atoms in total. The Hall–Kier alpha value is -2.52. The van der Waals surface area contributed by atoms with Crippen LogP contribution in [0.3, 0.4) is 0 Å². The number of aryl methyl sites for hydroxylation is 1. The number of ether oxygens (including phenoxy) is 2. The highest BCUT2D eigenvalue weighted by Crippen LogP contribution is 2.33. The molecule has 136 valence electrons. The second-order valence-electron chi connectivity index (χ2n) is 5.71. The van der Waals surface area contributed by atoms with Crippen molar-refractivity contribution in [3.63, 3.8) is 0 Å². The molecule has 0 unspecified atom stereocenters. The van der Waals surface area contributed by atoms with Crippen molar-refractivity contribution in [1.29, 1.82) is 0 Å². The number of benzene rings is 2. The van der Waals surface area contributed by atoms with E-state index in [1.54, 1.807) is 28.8 Å². The number of nitrogens with zero attached hydrogens (tertiary/aromatic N) is 1. The maximum Gasteiger partial charge on any atom is 0.308 e. The molecule has 1 aliphatic rings. The van der Waals surface area contributed by atoms with Crippen molar-refractivity contribution >= 4 is 37.3 Å². The molecule has 0 atom stereocenters. The van der Waals surface area contributed by atoms with E-state index in [1.807, 2.05) is 6.92 Å². The van der Waals surface area contributed by atoms with Gasteiger partial charge in [0.15, 0.2) is 11.5 Å². The van der Waals surface area contributed by atoms with Crippen LogP contribution in [0.15, 0.2) is 46.1 Å². The predicted molar refractivity (Wildman–Crippen MR) is 100.0 cm³/mol. The number of aromatic nitrogens is 1. The summed E-state index contributed by atoms with van der Waals surface area (Å²) in [5.41, 5.74) is 1.20. The fourth-order valence-corrected chi connectivity index (χ4v) is 4.89. The summed E-state index contributed by atoms with van der Waals surface area (Å²) in [6.45, 7) is 3.29. The predicted octanol–water partition coefficient (Wildman–Crippen LogP) is 2.65. The number of thiazole rings is 1. The summed E-state index contributed by atoms with van der Waals surface area (Å²) in [5.74, 6) is 0.940. The number of fused-ring (bicyclic) bond motifs is 2. The molecule has 0 saturated heterocycles. The zero-order valence-corrected chi connectivity index (χ0v) is 15.5. The molecule has 2 aromatic carbocycles. The standard InChI is InChI=1S/C17H16N2O5S2/c1-2-19-13-5-3-11(9-16(13)25-17(19)20)18-26(21,22)12-4-6-14-15(10-12)24-8-7-23-14/h3-6,9-10,18H,2,7-8H2,1H3. The van der Waals surface area contributed by atoms with Gasteiger partial charge in [-0.1, -0.05) is 11.3 Å². The van der Waals surface area contributed by atoms with Gasteiger partial charge in [-0.3, -0.25) is 14.1 Å². The van der Waals surface area contributed by atoms with Crippen LogP contribution in [0.4, 0.5) is 5.69 Å². The minimum absolute atomic E-state index is 0.0608. The lowest BCUT2D eigenvalue weighted by molar-refractivity contribution is 0.171. The summed E-state index contributed by atoms with van der Waals surface area (Å²) in [7, 11) is -3.79. The lowest BCUT2D eigenvalue weighted by Crippen LogP contribution is -2.17. The van der Waals surface area contributed by atoms with Gasteiger partial charge in [0.05, 0.1) is 20.8 Å². The quantitative estimate of drug-likeness (QED) is 0.738. The second-order valence-corrected chi connectivity index (χ2v) is 8.38. The molecule has 2 heterocycles. The molecule has 4 rings (SSSR count).